The molecule has 0 heterocycles. The van der Waals surface area contributed by atoms with Crippen molar-refractivity contribution in [3.05, 3.63) is 0 Å². The van der Waals surface area contributed by atoms with E-state index >= 15 is 0 Å². The molecule has 2 unspecified atom stereocenters. The third-order valence-corrected chi connectivity index (χ3v) is 6.35. The first kappa shape index (κ1) is 21.4. The molecule has 1 spiro atoms. The fourth-order valence-electron chi connectivity index (χ4n) is 4.11. The summed E-state index contributed by atoms with van der Waals surface area (Å²) in [4.78, 5) is 4.57. The Morgan fingerprint density at radius 3 is 2.58 bits per heavy atom. The molecule has 2 N–H and O–H groups in total. The Morgan fingerprint density at radius 1 is 1.23 bits per heavy atom. The summed E-state index contributed by atoms with van der Waals surface area (Å²) >= 11 is 0. The second-order valence-electron chi connectivity index (χ2n) is 7.32. The zero-order chi connectivity index (χ0) is 19.0. The summed E-state index contributed by atoms with van der Waals surface area (Å²) in [5, 5.41) is 6.89. The minimum absolute atomic E-state index is 0.0540. The van der Waals surface area contributed by atoms with E-state index in [2.05, 4.69) is 29.5 Å². The quantitative estimate of drug-likeness (QED) is 0.333. The molecule has 8 heteroatoms. The third kappa shape index (κ3) is 5.82. The van der Waals surface area contributed by atoms with Crippen LogP contribution in [0.2, 0.25) is 0 Å². The van der Waals surface area contributed by atoms with E-state index in [1.54, 1.807) is 0 Å². The van der Waals surface area contributed by atoms with E-state index in [-0.39, 0.29) is 17.8 Å². The summed E-state index contributed by atoms with van der Waals surface area (Å²) in [6.45, 7) is 6.85. The van der Waals surface area contributed by atoms with Gasteiger partial charge in [0.1, 0.15) is 9.84 Å². The van der Waals surface area contributed by atoms with Crippen LogP contribution in [0.5, 0.6) is 0 Å². The van der Waals surface area contributed by atoms with Crippen molar-refractivity contribution >= 4 is 15.8 Å². The lowest BCUT2D eigenvalue weighted by Gasteiger charge is -2.54. The van der Waals surface area contributed by atoms with Gasteiger partial charge in [0.15, 0.2) is 5.96 Å². The predicted molar refractivity (Wildman–Crippen MR) is 104 cm³/mol. The number of hydrogen-bond donors (Lipinski definition) is 2. The van der Waals surface area contributed by atoms with Crippen molar-refractivity contribution in [3.8, 4) is 0 Å². The standard InChI is InChI=1S/C18H35N3O4S/c1-4-19-17(20-10-11-24-12-13-26(3,22)23)21-15-14-16(25-5-2)18(15)8-6-7-9-18/h15-16H,4-14H2,1-3H3,(H2,19,20,21). The summed E-state index contributed by atoms with van der Waals surface area (Å²) in [5.41, 5.74) is 0.262. The van der Waals surface area contributed by atoms with Crippen molar-refractivity contribution in [3.63, 3.8) is 0 Å². The topological polar surface area (TPSA) is 89.0 Å². The number of rotatable bonds is 10. The van der Waals surface area contributed by atoms with E-state index in [9.17, 15) is 8.42 Å². The average molecular weight is 390 g/mol. The van der Waals surface area contributed by atoms with E-state index in [4.69, 9.17) is 9.47 Å². The van der Waals surface area contributed by atoms with Crippen molar-refractivity contribution in [2.75, 3.05) is 44.9 Å². The first-order valence-electron chi connectivity index (χ1n) is 9.83. The molecule has 2 fully saturated rings. The van der Waals surface area contributed by atoms with Crippen LogP contribution in [0.4, 0.5) is 0 Å². The highest BCUT2D eigenvalue weighted by atomic mass is 32.2. The van der Waals surface area contributed by atoms with Gasteiger partial charge >= 0.3 is 0 Å². The lowest BCUT2D eigenvalue weighted by atomic mass is 9.60. The van der Waals surface area contributed by atoms with Crippen LogP contribution in [0.25, 0.3) is 0 Å². The Balaban J connectivity index is 1.81. The Labute approximate surface area is 158 Å². The summed E-state index contributed by atoms with van der Waals surface area (Å²) in [7, 11) is -2.97. The van der Waals surface area contributed by atoms with Crippen LogP contribution in [-0.2, 0) is 19.3 Å². The third-order valence-electron chi connectivity index (χ3n) is 5.45. The molecule has 2 aliphatic rings. The number of hydrogen-bond acceptors (Lipinski definition) is 5. The molecule has 2 saturated carbocycles. The lowest BCUT2D eigenvalue weighted by Crippen LogP contribution is -2.65. The number of guanidine groups is 1. The first-order chi connectivity index (χ1) is 12.4. The molecular formula is C18H35N3O4S. The largest absolute Gasteiger partial charge is 0.378 e. The second kappa shape index (κ2) is 9.90. The van der Waals surface area contributed by atoms with Gasteiger partial charge in [0.2, 0.25) is 0 Å². The van der Waals surface area contributed by atoms with Crippen LogP contribution in [0.1, 0.15) is 46.0 Å². The first-order valence-corrected chi connectivity index (χ1v) is 11.9. The molecule has 0 aliphatic heterocycles. The van der Waals surface area contributed by atoms with Crippen molar-refractivity contribution in [2.24, 2.45) is 10.4 Å². The Kier molecular flexibility index (Phi) is 8.16. The Bertz CT molecular complexity index is 559. The maximum Gasteiger partial charge on any atom is 0.191 e. The maximum absolute atomic E-state index is 11.1. The van der Waals surface area contributed by atoms with Gasteiger partial charge < -0.3 is 20.1 Å². The summed E-state index contributed by atoms with van der Waals surface area (Å²) in [6, 6.07) is 0.408. The number of nitrogens with one attached hydrogen (secondary N) is 2. The van der Waals surface area contributed by atoms with Crippen molar-refractivity contribution in [2.45, 2.75) is 58.1 Å². The van der Waals surface area contributed by atoms with Gasteiger partial charge in [-0.2, -0.15) is 0 Å². The normalized spacial score (nSPS) is 25.3. The van der Waals surface area contributed by atoms with E-state index in [0.29, 0.717) is 25.3 Å². The fraction of sp³-hybridized carbons (Fsp3) is 0.944. The monoisotopic (exact) mass is 389 g/mol. The van der Waals surface area contributed by atoms with Crippen LogP contribution < -0.4 is 10.6 Å². The molecule has 0 aromatic heterocycles. The van der Waals surface area contributed by atoms with Crippen LogP contribution in [0.15, 0.2) is 4.99 Å². The Morgan fingerprint density at radius 2 is 1.96 bits per heavy atom. The van der Waals surface area contributed by atoms with Gasteiger partial charge in [-0.25, -0.2) is 8.42 Å². The van der Waals surface area contributed by atoms with Crippen molar-refractivity contribution in [1.29, 1.82) is 0 Å². The molecule has 0 radical (unpaired) electrons. The zero-order valence-corrected chi connectivity index (χ0v) is 17.2. The predicted octanol–water partition coefficient (Wildman–Crippen LogP) is 1.34. The number of nitrogens with zero attached hydrogens (tertiary/aromatic N) is 1. The van der Waals surface area contributed by atoms with Gasteiger partial charge in [-0.15, -0.1) is 0 Å². The average Bonchev–Trinajstić information content (AvgIpc) is 3.09. The Hall–Kier alpha value is -0.860. The second-order valence-corrected chi connectivity index (χ2v) is 9.58. The molecule has 2 atom stereocenters. The molecule has 0 saturated heterocycles. The summed E-state index contributed by atoms with van der Waals surface area (Å²) < 4.78 is 33.5. The van der Waals surface area contributed by atoms with Crippen LogP contribution >= 0.6 is 0 Å². The summed E-state index contributed by atoms with van der Waals surface area (Å²) in [5.74, 6) is 0.865. The van der Waals surface area contributed by atoms with Gasteiger partial charge in [0.25, 0.3) is 0 Å². The summed E-state index contributed by atoms with van der Waals surface area (Å²) in [6.07, 6.45) is 7.63. The smallest absolute Gasteiger partial charge is 0.191 e. The molecule has 0 bridgehead atoms. The van der Waals surface area contributed by atoms with Crippen molar-refractivity contribution in [1.82, 2.24) is 10.6 Å². The number of aliphatic imine (C=N–C) groups is 1. The number of sulfone groups is 1. The van der Waals surface area contributed by atoms with Gasteiger partial charge in [0.05, 0.1) is 31.6 Å². The van der Waals surface area contributed by atoms with Gasteiger partial charge in [-0.1, -0.05) is 12.8 Å². The molecule has 0 amide bonds. The van der Waals surface area contributed by atoms with Crippen LogP contribution in [0.3, 0.4) is 0 Å². The SMILES string of the molecule is CCNC(=NCCOCCS(C)(=O)=O)NC1CC(OCC)C12CCCC2. The number of ether oxygens (including phenoxy) is 2. The van der Waals surface area contributed by atoms with Crippen LogP contribution in [0, 0.1) is 5.41 Å². The van der Waals surface area contributed by atoms with Crippen molar-refractivity contribution < 1.29 is 17.9 Å². The highest BCUT2D eigenvalue weighted by molar-refractivity contribution is 7.90. The maximum atomic E-state index is 11.1. The van der Waals surface area contributed by atoms with Gasteiger partial charge in [0, 0.05) is 30.9 Å². The molecule has 152 valence electrons. The molecule has 2 rings (SSSR count). The molecule has 7 nitrogen and oxygen atoms in total. The molecule has 2 aliphatic carbocycles. The van der Waals surface area contributed by atoms with E-state index in [0.717, 1.165) is 25.5 Å². The highest BCUT2D eigenvalue weighted by Crippen LogP contribution is 2.54. The lowest BCUT2D eigenvalue weighted by molar-refractivity contribution is -0.125. The highest BCUT2D eigenvalue weighted by Gasteiger charge is 2.56. The molecule has 0 aromatic rings. The molecule has 0 aromatic carbocycles. The van der Waals surface area contributed by atoms with Crippen LogP contribution in [-0.4, -0.2) is 71.4 Å². The minimum Gasteiger partial charge on any atom is -0.378 e. The van der Waals surface area contributed by atoms with E-state index < -0.39 is 9.84 Å². The fourth-order valence-corrected chi connectivity index (χ4v) is 4.53. The van der Waals surface area contributed by atoms with Gasteiger partial charge in [-0.3, -0.25) is 4.99 Å². The van der Waals surface area contributed by atoms with E-state index in [1.807, 2.05) is 0 Å². The molecular weight excluding hydrogens is 354 g/mol. The minimum atomic E-state index is -2.97. The molecule has 26 heavy (non-hydrogen) atoms. The van der Waals surface area contributed by atoms with Gasteiger partial charge in [-0.05, 0) is 33.1 Å². The van der Waals surface area contributed by atoms with E-state index in [1.165, 1.54) is 31.9 Å². The zero-order valence-electron chi connectivity index (χ0n) is 16.4.